The average molecular weight is 492 g/mol. The smallest absolute Gasteiger partial charge is 0.191 e. The van der Waals surface area contributed by atoms with E-state index in [1.807, 2.05) is 18.5 Å². The summed E-state index contributed by atoms with van der Waals surface area (Å²) >= 11 is 0. The summed E-state index contributed by atoms with van der Waals surface area (Å²) in [4.78, 5) is 4.74. The zero-order valence-electron chi connectivity index (χ0n) is 17.5. The number of aryl methyl sites for hydroxylation is 1. The number of unbranched alkanes of at least 4 members (excludes halogenated alkanes) is 1. The number of aromatic nitrogens is 3. The molecule has 1 fully saturated rings. The second-order valence-electron chi connectivity index (χ2n) is 7.47. The second-order valence-corrected chi connectivity index (χ2v) is 7.47. The van der Waals surface area contributed by atoms with E-state index in [9.17, 15) is 0 Å². The SMILES string of the molecule is CCCCNC(=NCc1nnc(C)n1C)NC1CCC(OC(C)C)CC1.I. The maximum atomic E-state index is 5.95. The van der Waals surface area contributed by atoms with Crippen LogP contribution in [0.2, 0.25) is 0 Å². The molecular weight excluding hydrogens is 455 g/mol. The normalized spacial score (nSPS) is 20.4. The summed E-state index contributed by atoms with van der Waals surface area (Å²) in [6.07, 6.45) is 7.49. The molecule has 7 nitrogen and oxygen atoms in total. The molecule has 1 aliphatic carbocycles. The maximum Gasteiger partial charge on any atom is 0.191 e. The minimum absolute atomic E-state index is 0. The number of guanidine groups is 1. The van der Waals surface area contributed by atoms with Crippen molar-refractivity contribution in [1.82, 2.24) is 25.4 Å². The molecule has 2 N–H and O–H groups in total. The fourth-order valence-electron chi connectivity index (χ4n) is 3.20. The molecule has 1 aromatic heterocycles. The Kier molecular flexibility index (Phi) is 11.2. The van der Waals surface area contributed by atoms with E-state index in [0.29, 0.717) is 24.8 Å². The summed E-state index contributed by atoms with van der Waals surface area (Å²) in [6.45, 7) is 9.85. The van der Waals surface area contributed by atoms with Crippen LogP contribution >= 0.6 is 24.0 Å². The van der Waals surface area contributed by atoms with Gasteiger partial charge in [-0.15, -0.1) is 34.2 Å². The van der Waals surface area contributed by atoms with Gasteiger partial charge in [0.2, 0.25) is 0 Å². The molecule has 8 heteroatoms. The zero-order valence-corrected chi connectivity index (χ0v) is 19.8. The number of aliphatic imine (C=N–C) groups is 1. The van der Waals surface area contributed by atoms with Gasteiger partial charge in [0.25, 0.3) is 0 Å². The monoisotopic (exact) mass is 492 g/mol. The minimum atomic E-state index is 0. The predicted molar refractivity (Wildman–Crippen MR) is 121 cm³/mol. The third kappa shape index (κ3) is 8.33. The van der Waals surface area contributed by atoms with Crippen molar-refractivity contribution < 1.29 is 4.74 Å². The molecule has 0 amide bonds. The Morgan fingerprint density at radius 2 is 1.96 bits per heavy atom. The molecule has 0 saturated heterocycles. The van der Waals surface area contributed by atoms with Crippen molar-refractivity contribution in [3.8, 4) is 0 Å². The van der Waals surface area contributed by atoms with Crippen molar-refractivity contribution in [3.05, 3.63) is 11.6 Å². The van der Waals surface area contributed by atoms with E-state index in [1.165, 1.54) is 6.42 Å². The quantitative estimate of drug-likeness (QED) is 0.252. The Hall–Kier alpha value is -0.900. The van der Waals surface area contributed by atoms with Gasteiger partial charge in [-0.05, 0) is 52.9 Å². The molecule has 0 aliphatic heterocycles. The molecule has 1 saturated carbocycles. The lowest BCUT2D eigenvalue weighted by molar-refractivity contribution is -0.0152. The lowest BCUT2D eigenvalue weighted by Gasteiger charge is -2.31. The molecule has 0 spiro atoms. The van der Waals surface area contributed by atoms with Crippen molar-refractivity contribution in [3.63, 3.8) is 0 Å². The molecule has 1 aromatic rings. The second kappa shape index (κ2) is 12.5. The Morgan fingerprint density at radius 1 is 1.26 bits per heavy atom. The number of nitrogens with one attached hydrogen (secondary N) is 2. The van der Waals surface area contributed by atoms with Crippen LogP contribution in [0.15, 0.2) is 4.99 Å². The van der Waals surface area contributed by atoms with Crippen molar-refractivity contribution in [1.29, 1.82) is 0 Å². The zero-order chi connectivity index (χ0) is 18.9. The number of nitrogens with zero attached hydrogens (tertiary/aromatic N) is 4. The third-order valence-electron chi connectivity index (χ3n) is 4.86. The summed E-state index contributed by atoms with van der Waals surface area (Å²) in [5.74, 6) is 2.67. The van der Waals surface area contributed by atoms with Crippen LogP contribution < -0.4 is 10.6 Å². The minimum Gasteiger partial charge on any atom is -0.376 e. The van der Waals surface area contributed by atoms with Gasteiger partial charge < -0.3 is 19.9 Å². The molecule has 2 rings (SSSR count). The first-order valence-corrected chi connectivity index (χ1v) is 10.0. The summed E-state index contributed by atoms with van der Waals surface area (Å²) < 4.78 is 7.94. The average Bonchev–Trinajstić information content (AvgIpc) is 2.93. The highest BCUT2D eigenvalue weighted by Gasteiger charge is 2.23. The number of hydrogen-bond acceptors (Lipinski definition) is 4. The van der Waals surface area contributed by atoms with Crippen LogP contribution in [0.3, 0.4) is 0 Å². The first-order valence-electron chi connectivity index (χ1n) is 10.0. The van der Waals surface area contributed by atoms with E-state index in [4.69, 9.17) is 9.73 Å². The lowest BCUT2D eigenvalue weighted by atomic mass is 9.93. The van der Waals surface area contributed by atoms with E-state index < -0.39 is 0 Å². The Morgan fingerprint density at radius 3 is 2.52 bits per heavy atom. The molecule has 1 heterocycles. The summed E-state index contributed by atoms with van der Waals surface area (Å²) in [5, 5.41) is 15.4. The van der Waals surface area contributed by atoms with Gasteiger partial charge in [0, 0.05) is 19.6 Å². The molecule has 0 unspecified atom stereocenters. The van der Waals surface area contributed by atoms with Crippen LogP contribution in [0.25, 0.3) is 0 Å². The predicted octanol–water partition coefficient (Wildman–Crippen LogP) is 3.31. The molecule has 27 heavy (non-hydrogen) atoms. The van der Waals surface area contributed by atoms with Gasteiger partial charge in [-0.25, -0.2) is 4.99 Å². The fraction of sp³-hybridized carbons (Fsp3) is 0.842. The van der Waals surface area contributed by atoms with E-state index >= 15 is 0 Å². The number of rotatable bonds is 8. The van der Waals surface area contributed by atoms with Crippen LogP contribution in [0.1, 0.15) is 70.9 Å². The molecule has 0 aromatic carbocycles. The van der Waals surface area contributed by atoms with Gasteiger partial charge in [-0.2, -0.15) is 0 Å². The largest absolute Gasteiger partial charge is 0.376 e. The summed E-state index contributed by atoms with van der Waals surface area (Å²) in [6, 6.07) is 0.455. The summed E-state index contributed by atoms with van der Waals surface area (Å²) in [7, 11) is 1.98. The Labute approximate surface area is 181 Å². The first-order chi connectivity index (χ1) is 12.5. The van der Waals surface area contributed by atoms with Gasteiger partial charge in [0.05, 0.1) is 12.2 Å². The molecule has 156 valence electrons. The molecule has 1 aliphatic rings. The topological polar surface area (TPSA) is 76.4 Å². The van der Waals surface area contributed by atoms with Crippen molar-refractivity contribution >= 4 is 29.9 Å². The molecular formula is C19H37IN6O. The van der Waals surface area contributed by atoms with Crippen LogP contribution in [0, 0.1) is 6.92 Å². The third-order valence-corrected chi connectivity index (χ3v) is 4.86. The van der Waals surface area contributed by atoms with E-state index in [0.717, 1.165) is 56.3 Å². The van der Waals surface area contributed by atoms with E-state index in [-0.39, 0.29) is 24.0 Å². The van der Waals surface area contributed by atoms with Gasteiger partial charge in [-0.3, -0.25) is 0 Å². The van der Waals surface area contributed by atoms with Crippen LogP contribution in [0.5, 0.6) is 0 Å². The van der Waals surface area contributed by atoms with Crippen LogP contribution in [0.4, 0.5) is 0 Å². The Balaban J connectivity index is 0.00000364. The van der Waals surface area contributed by atoms with E-state index in [1.54, 1.807) is 0 Å². The lowest BCUT2D eigenvalue weighted by Crippen LogP contribution is -2.46. The fourth-order valence-corrected chi connectivity index (χ4v) is 3.20. The standard InChI is InChI=1S/C19H36N6O.HI/c1-6-7-12-20-19(21-13-18-24-23-15(4)25(18)5)22-16-8-10-17(11-9-16)26-14(2)3;/h14,16-17H,6-13H2,1-5H3,(H2,20,21,22);1H. The highest BCUT2D eigenvalue weighted by Crippen LogP contribution is 2.22. The van der Waals surface area contributed by atoms with Crippen LogP contribution in [-0.4, -0.2) is 45.5 Å². The number of ether oxygens (including phenoxy) is 1. The van der Waals surface area contributed by atoms with Gasteiger partial charge >= 0.3 is 0 Å². The summed E-state index contributed by atoms with van der Waals surface area (Å²) in [5.41, 5.74) is 0. The van der Waals surface area contributed by atoms with Crippen molar-refractivity contribution in [2.75, 3.05) is 6.54 Å². The Bertz CT molecular complexity index is 567. The van der Waals surface area contributed by atoms with Gasteiger partial charge in [0.15, 0.2) is 11.8 Å². The number of hydrogen-bond donors (Lipinski definition) is 2. The molecule has 0 radical (unpaired) electrons. The van der Waals surface area contributed by atoms with Crippen LogP contribution in [-0.2, 0) is 18.3 Å². The highest BCUT2D eigenvalue weighted by atomic mass is 127. The van der Waals surface area contributed by atoms with Gasteiger partial charge in [-0.1, -0.05) is 13.3 Å². The highest BCUT2D eigenvalue weighted by molar-refractivity contribution is 14.0. The van der Waals surface area contributed by atoms with Crippen molar-refractivity contribution in [2.45, 2.75) is 91.0 Å². The van der Waals surface area contributed by atoms with E-state index in [2.05, 4.69) is 41.6 Å². The first kappa shape index (κ1) is 24.1. The number of halogens is 1. The van der Waals surface area contributed by atoms with Gasteiger partial charge in [0.1, 0.15) is 12.4 Å². The maximum absolute atomic E-state index is 5.95. The molecule has 0 bridgehead atoms. The van der Waals surface area contributed by atoms with Crippen molar-refractivity contribution in [2.24, 2.45) is 12.0 Å². The molecule has 0 atom stereocenters.